The quantitative estimate of drug-likeness (QED) is 0.803. The van der Waals surface area contributed by atoms with E-state index in [-0.39, 0.29) is 11.4 Å². The highest BCUT2D eigenvalue weighted by Gasteiger charge is 2.40. The second kappa shape index (κ2) is 5.19. The molecule has 1 aromatic rings. The van der Waals surface area contributed by atoms with Crippen LogP contribution in [0.15, 0.2) is 12.3 Å². The van der Waals surface area contributed by atoms with Crippen LogP contribution in [-0.2, 0) is 0 Å². The van der Waals surface area contributed by atoms with E-state index in [0.29, 0.717) is 5.56 Å². The van der Waals surface area contributed by atoms with Gasteiger partial charge in [-0.3, -0.25) is 0 Å². The second-order valence-electron chi connectivity index (χ2n) is 3.57. The maximum Gasteiger partial charge on any atom is 0.339 e. The van der Waals surface area contributed by atoms with Crippen LogP contribution < -0.4 is 5.32 Å². The molecule has 0 aliphatic carbocycles. The van der Waals surface area contributed by atoms with Crippen molar-refractivity contribution >= 4 is 11.8 Å². The number of aromatic nitrogens is 1. The number of nitrogens with zero attached hydrogens (tertiary/aromatic N) is 1. The lowest BCUT2D eigenvalue weighted by Gasteiger charge is -2.17. The van der Waals surface area contributed by atoms with Gasteiger partial charge >= 0.3 is 18.3 Å². The third kappa shape index (κ3) is 3.08. The van der Waals surface area contributed by atoms with E-state index in [1.54, 1.807) is 0 Å². The summed E-state index contributed by atoms with van der Waals surface area (Å²) in [4.78, 5) is 14.4. The largest absolute Gasteiger partial charge is 0.478 e. The van der Waals surface area contributed by atoms with E-state index in [9.17, 15) is 22.4 Å². The zero-order valence-electron chi connectivity index (χ0n) is 9.25. The van der Waals surface area contributed by atoms with Gasteiger partial charge in [-0.1, -0.05) is 0 Å². The predicted molar refractivity (Wildman–Crippen MR) is 55.4 cm³/mol. The van der Waals surface area contributed by atoms with E-state index in [0.717, 1.165) is 0 Å². The maximum absolute atomic E-state index is 12.7. The predicted octanol–water partition coefficient (Wildman–Crippen LogP) is 2.40. The van der Waals surface area contributed by atoms with Gasteiger partial charge in [0.15, 0.2) is 0 Å². The Kier molecular flexibility index (Phi) is 4.10. The molecule has 1 rings (SSSR count). The fourth-order valence-corrected chi connectivity index (χ4v) is 1.24. The molecule has 0 spiro atoms. The monoisotopic (exact) mass is 266 g/mol. The molecule has 100 valence electrons. The van der Waals surface area contributed by atoms with E-state index in [1.165, 1.54) is 19.2 Å². The summed E-state index contributed by atoms with van der Waals surface area (Å²) < 4.78 is 49.2. The van der Waals surface area contributed by atoms with Gasteiger partial charge in [-0.15, -0.1) is 0 Å². The summed E-state index contributed by atoms with van der Waals surface area (Å²) in [6.45, 7) is 0.0585. The molecule has 0 aliphatic rings. The lowest BCUT2D eigenvalue weighted by atomic mass is 10.1. The number of hydrogen-bond donors (Lipinski definition) is 2. The number of alkyl halides is 4. The highest BCUT2D eigenvalue weighted by atomic mass is 19.3. The van der Waals surface area contributed by atoms with Crippen molar-refractivity contribution in [2.45, 2.75) is 19.3 Å². The molecule has 0 atom stereocenters. The first-order valence-corrected chi connectivity index (χ1v) is 4.84. The number of carboxylic acids is 1. The zero-order valence-corrected chi connectivity index (χ0v) is 9.25. The van der Waals surface area contributed by atoms with Crippen LogP contribution in [0.4, 0.5) is 23.4 Å². The third-order valence-corrected chi connectivity index (χ3v) is 2.18. The van der Waals surface area contributed by atoms with Gasteiger partial charge in [0, 0.05) is 6.20 Å². The van der Waals surface area contributed by atoms with E-state index in [4.69, 9.17) is 5.11 Å². The normalized spacial score (nSPS) is 11.7. The third-order valence-electron chi connectivity index (χ3n) is 2.18. The van der Waals surface area contributed by atoms with Crippen LogP contribution in [0.5, 0.6) is 0 Å². The molecule has 0 bridgehead atoms. The summed E-state index contributed by atoms with van der Waals surface area (Å²) >= 11 is 0. The molecule has 0 fully saturated rings. The first-order chi connectivity index (χ1) is 8.25. The van der Waals surface area contributed by atoms with Gasteiger partial charge in [0.1, 0.15) is 11.4 Å². The molecule has 0 saturated carbocycles. The molecule has 18 heavy (non-hydrogen) atoms. The number of pyridine rings is 1. The Morgan fingerprint density at radius 1 is 1.56 bits per heavy atom. The smallest absolute Gasteiger partial charge is 0.339 e. The number of aromatic carboxylic acids is 1. The minimum atomic E-state index is -4.25. The van der Waals surface area contributed by atoms with Crippen molar-refractivity contribution in [1.29, 1.82) is 0 Å². The molecule has 0 saturated heterocycles. The lowest BCUT2D eigenvalue weighted by Crippen LogP contribution is -2.35. The Balaban J connectivity index is 2.92. The Morgan fingerprint density at radius 2 is 2.17 bits per heavy atom. The van der Waals surface area contributed by atoms with Gasteiger partial charge in [0.2, 0.25) is 0 Å². The number of carboxylic acid groups (broad SMARTS) is 1. The van der Waals surface area contributed by atoms with Crippen LogP contribution in [0.25, 0.3) is 0 Å². The molecule has 8 heteroatoms. The summed E-state index contributed by atoms with van der Waals surface area (Å²) in [5.41, 5.74) is -0.0251. The Hall–Kier alpha value is -1.86. The number of nitrogens with one attached hydrogen (secondary N) is 1. The van der Waals surface area contributed by atoms with Crippen molar-refractivity contribution in [1.82, 2.24) is 4.98 Å². The van der Waals surface area contributed by atoms with Crippen molar-refractivity contribution in [2.75, 3.05) is 11.9 Å². The first-order valence-electron chi connectivity index (χ1n) is 4.84. The fraction of sp³-hybridized carbons (Fsp3) is 0.400. The minimum absolute atomic E-state index is 0.292. The van der Waals surface area contributed by atoms with Crippen molar-refractivity contribution in [3.63, 3.8) is 0 Å². The van der Waals surface area contributed by atoms with E-state index in [1.807, 2.05) is 5.32 Å². The number of anilines is 1. The molecule has 0 amide bonds. The molecule has 0 aromatic carbocycles. The molecule has 2 N–H and O–H groups in total. The second-order valence-corrected chi connectivity index (χ2v) is 3.57. The summed E-state index contributed by atoms with van der Waals surface area (Å²) in [6.07, 6.45) is -2.63. The number of rotatable bonds is 5. The summed E-state index contributed by atoms with van der Waals surface area (Å²) in [6, 6.07) is 1.37. The maximum atomic E-state index is 12.7. The summed E-state index contributed by atoms with van der Waals surface area (Å²) in [7, 11) is 0. The summed E-state index contributed by atoms with van der Waals surface area (Å²) in [5, 5.41) is 10.8. The van der Waals surface area contributed by atoms with Crippen LogP contribution >= 0.6 is 0 Å². The van der Waals surface area contributed by atoms with Gasteiger partial charge in [0.05, 0.1) is 6.54 Å². The topological polar surface area (TPSA) is 62.2 Å². The Bertz CT molecular complexity index is 452. The number of aryl methyl sites for hydroxylation is 1. The van der Waals surface area contributed by atoms with Crippen LogP contribution in [0.2, 0.25) is 0 Å². The molecular formula is C10H10F4N2O2. The first kappa shape index (κ1) is 14.2. The Labute approximate surface area is 99.6 Å². The lowest BCUT2D eigenvalue weighted by molar-refractivity contribution is -0.117. The highest BCUT2D eigenvalue weighted by molar-refractivity contribution is 5.94. The highest BCUT2D eigenvalue weighted by Crippen LogP contribution is 2.24. The van der Waals surface area contributed by atoms with E-state index < -0.39 is 24.9 Å². The molecule has 0 aliphatic heterocycles. The van der Waals surface area contributed by atoms with Crippen molar-refractivity contribution in [2.24, 2.45) is 0 Å². The Morgan fingerprint density at radius 3 is 2.67 bits per heavy atom. The molecule has 0 unspecified atom stereocenters. The van der Waals surface area contributed by atoms with Crippen molar-refractivity contribution in [3.05, 3.63) is 23.4 Å². The molecule has 1 aromatic heterocycles. The molecular weight excluding hydrogens is 256 g/mol. The number of carbonyl (C=O) groups is 1. The fourth-order valence-electron chi connectivity index (χ4n) is 1.24. The standard InChI is InChI=1S/C10H10F4N2O2/c1-5-2-3-15-7(6(5)8(17)18)16-4-10(13,14)9(11)12/h2-3,9H,4H2,1H3,(H,15,16)(H,17,18). The van der Waals surface area contributed by atoms with Gasteiger partial charge in [-0.05, 0) is 18.6 Å². The van der Waals surface area contributed by atoms with Gasteiger partial charge in [-0.2, -0.15) is 8.78 Å². The van der Waals surface area contributed by atoms with E-state index >= 15 is 0 Å². The van der Waals surface area contributed by atoms with Crippen LogP contribution in [-0.4, -0.2) is 35.0 Å². The molecule has 4 nitrogen and oxygen atoms in total. The SMILES string of the molecule is Cc1ccnc(NCC(F)(F)C(F)F)c1C(=O)O. The zero-order chi connectivity index (χ0) is 13.9. The number of halogens is 4. The van der Waals surface area contributed by atoms with E-state index in [2.05, 4.69) is 4.98 Å². The molecule has 0 radical (unpaired) electrons. The van der Waals surface area contributed by atoms with Gasteiger partial charge < -0.3 is 10.4 Å². The van der Waals surface area contributed by atoms with Crippen molar-refractivity contribution < 1.29 is 27.5 Å². The van der Waals surface area contributed by atoms with Gasteiger partial charge in [0.25, 0.3) is 0 Å². The molecule has 1 heterocycles. The van der Waals surface area contributed by atoms with Crippen LogP contribution in [0, 0.1) is 6.92 Å². The minimum Gasteiger partial charge on any atom is -0.478 e. The number of hydrogen-bond acceptors (Lipinski definition) is 3. The van der Waals surface area contributed by atoms with Crippen LogP contribution in [0.3, 0.4) is 0 Å². The van der Waals surface area contributed by atoms with Crippen molar-refractivity contribution in [3.8, 4) is 0 Å². The van der Waals surface area contributed by atoms with Crippen LogP contribution in [0.1, 0.15) is 15.9 Å². The average molecular weight is 266 g/mol. The van der Waals surface area contributed by atoms with Gasteiger partial charge in [-0.25, -0.2) is 18.6 Å². The summed E-state index contributed by atoms with van der Waals surface area (Å²) in [5.74, 6) is -5.98. The average Bonchev–Trinajstić information content (AvgIpc) is 2.25.